The maximum atomic E-state index is 11.9. The van der Waals surface area contributed by atoms with Crippen LogP contribution in [0, 0.1) is 5.92 Å². The first-order valence-electron chi connectivity index (χ1n) is 9.54. The van der Waals surface area contributed by atoms with Gasteiger partial charge in [-0.25, -0.2) is 4.79 Å². The third-order valence-corrected chi connectivity index (χ3v) is 4.55. The monoisotopic (exact) mass is 343 g/mol. The Bertz CT molecular complexity index is 333. The van der Waals surface area contributed by atoms with E-state index in [-0.39, 0.29) is 11.8 Å². The normalized spacial score (nSPS) is 13.5. The minimum Gasteiger partial charge on any atom is -0.480 e. The average Bonchev–Trinajstić information content (AvgIpc) is 2.56. The van der Waals surface area contributed by atoms with Gasteiger partial charge in [-0.15, -0.1) is 0 Å². The first kappa shape index (κ1) is 22.9. The van der Waals surface area contributed by atoms with Crippen molar-refractivity contribution in [1.82, 2.24) is 5.32 Å². The zero-order valence-corrected chi connectivity index (χ0v) is 15.8. The summed E-state index contributed by atoms with van der Waals surface area (Å²) < 4.78 is 5.02. The van der Waals surface area contributed by atoms with Gasteiger partial charge in [0, 0.05) is 20.1 Å². The van der Waals surface area contributed by atoms with Crippen LogP contribution in [0.3, 0.4) is 0 Å². The lowest BCUT2D eigenvalue weighted by atomic mass is 9.99. The summed E-state index contributed by atoms with van der Waals surface area (Å²) in [6.45, 7) is 4.65. The number of methoxy groups -OCH3 is 1. The first-order valence-corrected chi connectivity index (χ1v) is 9.54. The largest absolute Gasteiger partial charge is 0.480 e. The van der Waals surface area contributed by atoms with Gasteiger partial charge in [-0.05, 0) is 18.8 Å². The second-order valence-electron chi connectivity index (χ2n) is 6.69. The van der Waals surface area contributed by atoms with Gasteiger partial charge in [-0.3, -0.25) is 4.79 Å². The van der Waals surface area contributed by atoms with E-state index in [2.05, 4.69) is 5.32 Å². The molecule has 1 amide bonds. The predicted octanol–water partition coefficient (Wildman–Crippen LogP) is 4.15. The molecule has 5 nitrogen and oxygen atoms in total. The zero-order valence-electron chi connectivity index (χ0n) is 15.8. The van der Waals surface area contributed by atoms with E-state index in [0.29, 0.717) is 6.42 Å². The smallest absolute Gasteiger partial charge is 0.326 e. The van der Waals surface area contributed by atoms with Crippen LogP contribution in [0.2, 0.25) is 0 Å². The highest BCUT2D eigenvalue weighted by atomic mass is 16.5. The number of ether oxygens (including phenoxy) is 1. The van der Waals surface area contributed by atoms with E-state index in [4.69, 9.17) is 9.84 Å². The van der Waals surface area contributed by atoms with Crippen molar-refractivity contribution >= 4 is 11.9 Å². The Labute approximate surface area is 147 Å². The highest BCUT2D eigenvalue weighted by Gasteiger charge is 2.24. The summed E-state index contributed by atoms with van der Waals surface area (Å²) in [5, 5.41) is 11.8. The molecule has 2 N–H and O–H groups in total. The van der Waals surface area contributed by atoms with Crippen molar-refractivity contribution in [3.8, 4) is 0 Å². The van der Waals surface area contributed by atoms with Crippen molar-refractivity contribution in [3.63, 3.8) is 0 Å². The summed E-state index contributed by atoms with van der Waals surface area (Å²) in [4.78, 5) is 23.0. The van der Waals surface area contributed by atoms with Gasteiger partial charge in [0.25, 0.3) is 0 Å². The highest BCUT2D eigenvalue weighted by molar-refractivity contribution is 5.83. The molecule has 1 unspecified atom stereocenters. The second-order valence-corrected chi connectivity index (χ2v) is 6.69. The summed E-state index contributed by atoms with van der Waals surface area (Å²) >= 11 is 0. The van der Waals surface area contributed by atoms with Gasteiger partial charge in [0.05, 0.1) is 0 Å². The molecule has 0 aliphatic heterocycles. The molecule has 0 spiro atoms. The van der Waals surface area contributed by atoms with Crippen LogP contribution in [0.25, 0.3) is 0 Å². The fourth-order valence-electron chi connectivity index (χ4n) is 2.70. The summed E-state index contributed by atoms with van der Waals surface area (Å²) in [6, 6.07) is -0.763. The van der Waals surface area contributed by atoms with E-state index >= 15 is 0 Å². The Kier molecular flexibility index (Phi) is 14.7. The zero-order chi connectivity index (χ0) is 18.2. The predicted molar refractivity (Wildman–Crippen MR) is 97.1 cm³/mol. The molecule has 0 aromatic rings. The maximum Gasteiger partial charge on any atom is 0.326 e. The van der Waals surface area contributed by atoms with Gasteiger partial charge < -0.3 is 15.2 Å². The van der Waals surface area contributed by atoms with Crippen LogP contribution in [-0.2, 0) is 14.3 Å². The molecule has 0 heterocycles. The molecule has 142 valence electrons. The second kappa shape index (κ2) is 15.4. The summed E-state index contributed by atoms with van der Waals surface area (Å²) in [6.07, 6.45) is 11.6. The van der Waals surface area contributed by atoms with Crippen molar-refractivity contribution < 1.29 is 19.4 Å². The Balaban J connectivity index is 3.56. The number of carbonyl (C=O) groups is 2. The highest BCUT2D eigenvalue weighted by Crippen LogP contribution is 2.12. The number of hydrogen-bond donors (Lipinski definition) is 2. The number of nitrogens with one attached hydrogen (secondary N) is 1. The van der Waals surface area contributed by atoms with Crippen molar-refractivity contribution in [3.05, 3.63) is 0 Å². The van der Waals surface area contributed by atoms with E-state index in [9.17, 15) is 9.59 Å². The molecule has 0 aliphatic rings. The van der Waals surface area contributed by atoms with Crippen molar-refractivity contribution in [2.45, 2.75) is 90.5 Å². The maximum absolute atomic E-state index is 11.9. The Morgan fingerprint density at radius 3 is 1.92 bits per heavy atom. The number of hydrogen-bond acceptors (Lipinski definition) is 3. The molecular weight excluding hydrogens is 306 g/mol. The summed E-state index contributed by atoms with van der Waals surface area (Å²) in [7, 11) is 1.74. The van der Waals surface area contributed by atoms with Crippen molar-refractivity contribution in [2.75, 3.05) is 13.7 Å². The molecule has 0 saturated carbocycles. The standard InChI is InChI=1S/C19H37NO4/c1-4-16(2)18(19(22)23)20-17(21)14-12-10-8-6-5-7-9-11-13-15-24-3/h16,18H,4-15H2,1-3H3,(H,20,21)(H,22,23)/t16?,18-/m1/s1. The Morgan fingerprint density at radius 2 is 1.46 bits per heavy atom. The lowest BCUT2D eigenvalue weighted by Crippen LogP contribution is -2.44. The minimum absolute atomic E-state index is 0.0460. The molecule has 0 saturated heterocycles. The van der Waals surface area contributed by atoms with Gasteiger partial charge >= 0.3 is 5.97 Å². The van der Waals surface area contributed by atoms with Crippen LogP contribution in [-0.4, -0.2) is 36.7 Å². The molecule has 0 aromatic carbocycles. The van der Waals surface area contributed by atoms with Gasteiger partial charge in [0.2, 0.25) is 5.91 Å². The van der Waals surface area contributed by atoms with Crippen molar-refractivity contribution in [1.29, 1.82) is 0 Å². The third kappa shape index (κ3) is 12.3. The van der Waals surface area contributed by atoms with Crippen LogP contribution in [0.5, 0.6) is 0 Å². The number of aliphatic carboxylic acids is 1. The first-order chi connectivity index (χ1) is 11.5. The van der Waals surface area contributed by atoms with Gasteiger partial charge in [-0.2, -0.15) is 0 Å². The quantitative estimate of drug-likeness (QED) is 0.413. The number of amides is 1. The van der Waals surface area contributed by atoms with Gasteiger partial charge in [0.1, 0.15) is 6.04 Å². The SMILES string of the molecule is CCC(C)[C@@H](NC(=O)CCCCCCCCCCCOC)C(=O)O. The minimum atomic E-state index is -0.941. The van der Waals surface area contributed by atoms with Gasteiger partial charge in [-0.1, -0.05) is 65.2 Å². The summed E-state index contributed by atoms with van der Waals surface area (Å²) in [5.41, 5.74) is 0. The number of unbranched alkanes of at least 4 members (excludes halogenated alkanes) is 8. The lowest BCUT2D eigenvalue weighted by molar-refractivity contribution is -0.143. The average molecular weight is 344 g/mol. The van der Waals surface area contributed by atoms with Crippen LogP contribution >= 0.6 is 0 Å². The van der Waals surface area contributed by atoms with Crippen molar-refractivity contribution in [2.24, 2.45) is 5.92 Å². The number of rotatable bonds is 16. The molecule has 0 aromatic heterocycles. The van der Waals surface area contributed by atoms with E-state index < -0.39 is 12.0 Å². The molecule has 5 heteroatoms. The lowest BCUT2D eigenvalue weighted by Gasteiger charge is -2.20. The topological polar surface area (TPSA) is 75.6 Å². The molecule has 0 bridgehead atoms. The van der Waals surface area contributed by atoms with Crippen LogP contribution in [0.4, 0.5) is 0 Å². The molecule has 0 fully saturated rings. The van der Waals surface area contributed by atoms with Crippen LogP contribution in [0.1, 0.15) is 84.5 Å². The van der Waals surface area contributed by atoms with Gasteiger partial charge in [0.15, 0.2) is 0 Å². The number of carbonyl (C=O) groups excluding carboxylic acids is 1. The van der Waals surface area contributed by atoms with E-state index in [1.54, 1.807) is 7.11 Å². The fourth-order valence-corrected chi connectivity index (χ4v) is 2.70. The van der Waals surface area contributed by atoms with E-state index in [1.165, 1.54) is 32.1 Å². The fraction of sp³-hybridized carbons (Fsp3) is 0.895. The third-order valence-electron chi connectivity index (χ3n) is 4.55. The molecule has 0 rings (SSSR count). The molecule has 0 radical (unpaired) electrons. The summed E-state index contributed by atoms with van der Waals surface area (Å²) in [5.74, 6) is -1.13. The molecular formula is C19H37NO4. The molecule has 0 aliphatic carbocycles. The van der Waals surface area contributed by atoms with Crippen LogP contribution in [0.15, 0.2) is 0 Å². The number of carboxylic acid groups (broad SMARTS) is 1. The molecule has 24 heavy (non-hydrogen) atoms. The Morgan fingerprint density at radius 1 is 0.958 bits per heavy atom. The Hall–Kier alpha value is -1.10. The number of carboxylic acids is 1. The van der Waals surface area contributed by atoms with E-state index in [1.807, 2.05) is 13.8 Å². The molecule has 2 atom stereocenters. The van der Waals surface area contributed by atoms with E-state index in [0.717, 1.165) is 38.7 Å². The van der Waals surface area contributed by atoms with Crippen LogP contribution < -0.4 is 5.32 Å².